The smallest absolute Gasteiger partial charge is 0.245 e. The highest BCUT2D eigenvalue weighted by Crippen LogP contribution is 2.34. The van der Waals surface area contributed by atoms with Gasteiger partial charge in [0.15, 0.2) is 0 Å². The lowest BCUT2D eigenvalue weighted by atomic mass is 10.1. The fourth-order valence-corrected chi connectivity index (χ4v) is 5.93. The normalized spacial score (nSPS) is 17.2. The fourth-order valence-electron chi connectivity index (χ4n) is 2.04. The Hall–Kier alpha value is -0.250. The zero-order valence-corrected chi connectivity index (χ0v) is 14.4. The molecule has 0 saturated heterocycles. The highest BCUT2D eigenvalue weighted by Gasteiger charge is 2.29. The highest BCUT2D eigenvalue weighted by atomic mass is 79.9. The Morgan fingerprint density at radius 1 is 1.55 bits per heavy atom. The molecule has 112 valence electrons. The molecule has 1 aromatic heterocycles. The molecule has 2 N–H and O–H groups in total. The summed E-state index contributed by atoms with van der Waals surface area (Å²) < 4.78 is 32.4. The van der Waals surface area contributed by atoms with Crippen LogP contribution >= 0.6 is 27.3 Å². The number of nitrogens with zero attached hydrogens (tertiary/aromatic N) is 1. The minimum atomic E-state index is -3.46. The van der Waals surface area contributed by atoms with Crippen molar-refractivity contribution in [2.45, 2.75) is 17.9 Å². The van der Waals surface area contributed by atoms with E-state index in [4.69, 9.17) is 10.5 Å². The van der Waals surface area contributed by atoms with Gasteiger partial charge in [-0.2, -0.15) is 4.31 Å². The van der Waals surface area contributed by atoms with Crippen molar-refractivity contribution in [3.05, 3.63) is 26.4 Å². The van der Waals surface area contributed by atoms with E-state index >= 15 is 0 Å². The van der Waals surface area contributed by atoms with Gasteiger partial charge in [0, 0.05) is 31.6 Å². The van der Waals surface area contributed by atoms with E-state index in [1.165, 1.54) is 15.6 Å². The van der Waals surface area contributed by atoms with Crippen LogP contribution in [-0.4, -0.2) is 39.5 Å². The minimum Gasteiger partial charge on any atom is -0.380 e. The van der Waals surface area contributed by atoms with Crippen LogP contribution in [0.3, 0.4) is 0 Å². The van der Waals surface area contributed by atoms with Crippen molar-refractivity contribution in [3.63, 3.8) is 0 Å². The van der Waals surface area contributed by atoms with E-state index in [1.54, 1.807) is 13.2 Å². The van der Waals surface area contributed by atoms with Crippen molar-refractivity contribution in [1.29, 1.82) is 0 Å². The van der Waals surface area contributed by atoms with Crippen molar-refractivity contribution in [3.8, 4) is 0 Å². The summed E-state index contributed by atoms with van der Waals surface area (Å²) in [5, 5.41) is 0. The molecule has 8 heteroatoms. The van der Waals surface area contributed by atoms with Gasteiger partial charge >= 0.3 is 0 Å². The summed E-state index contributed by atoms with van der Waals surface area (Å²) in [7, 11) is -1.82. The number of thiophene rings is 1. The Balaban J connectivity index is 2.21. The van der Waals surface area contributed by atoms with Crippen LogP contribution in [0.1, 0.15) is 11.3 Å². The number of halogens is 1. The van der Waals surface area contributed by atoms with Crippen molar-refractivity contribution in [1.82, 2.24) is 4.31 Å². The maximum atomic E-state index is 12.6. The molecule has 0 bridgehead atoms. The molecule has 0 fully saturated rings. The lowest BCUT2D eigenvalue weighted by molar-refractivity contribution is 0.219. The summed E-state index contributed by atoms with van der Waals surface area (Å²) in [4.78, 5) is 1.16. The molecular formula is C12H17BrN2O3S2. The highest BCUT2D eigenvalue weighted by molar-refractivity contribution is 9.11. The predicted molar refractivity (Wildman–Crippen MR) is 83.2 cm³/mol. The largest absolute Gasteiger partial charge is 0.380 e. The topological polar surface area (TPSA) is 72.6 Å². The second-order valence-corrected chi connectivity index (χ2v) is 8.82. The van der Waals surface area contributed by atoms with Gasteiger partial charge in [0.1, 0.15) is 4.90 Å². The third-order valence-electron chi connectivity index (χ3n) is 3.12. The zero-order valence-electron chi connectivity index (χ0n) is 11.1. The van der Waals surface area contributed by atoms with Crippen LogP contribution in [0, 0.1) is 0 Å². The number of sulfonamides is 1. The molecule has 1 aliphatic rings. The average Bonchev–Trinajstić information content (AvgIpc) is 2.82. The van der Waals surface area contributed by atoms with Crippen LogP contribution in [0.15, 0.2) is 26.4 Å². The second kappa shape index (κ2) is 6.67. The molecule has 1 aliphatic heterocycles. The first-order chi connectivity index (χ1) is 9.48. The Morgan fingerprint density at radius 2 is 2.30 bits per heavy atom. The minimum absolute atomic E-state index is 0.312. The van der Waals surface area contributed by atoms with Crippen molar-refractivity contribution in [2.24, 2.45) is 5.73 Å². The van der Waals surface area contributed by atoms with E-state index in [0.29, 0.717) is 41.3 Å². The van der Waals surface area contributed by atoms with Gasteiger partial charge < -0.3 is 10.5 Å². The van der Waals surface area contributed by atoms with E-state index in [9.17, 15) is 8.42 Å². The third kappa shape index (κ3) is 3.32. The van der Waals surface area contributed by atoms with Crippen LogP contribution in [-0.2, 0) is 21.3 Å². The van der Waals surface area contributed by atoms with Crippen LogP contribution in [0.4, 0.5) is 0 Å². The van der Waals surface area contributed by atoms with Gasteiger partial charge in [-0.3, -0.25) is 0 Å². The molecule has 20 heavy (non-hydrogen) atoms. The fraction of sp³-hybridized carbons (Fsp3) is 0.500. The van der Waals surface area contributed by atoms with Gasteiger partial charge in [-0.15, -0.1) is 11.3 Å². The summed E-state index contributed by atoms with van der Waals surface area (Å²) in [6, 6.07) is 1.65. The number of nitrogens with two attached hydrogens (primary N) is 1. The maximum Gasteiger partial charge on any atom is 0.245 e. The number of methoxy groups -OCH3 is 1. The summed E-state index contributed by atoms with van der Waals surface area (Å²) >= 11 is 4.68. The van der Waals surface area contributed by atoms with Gasteiger partial charge in [0.05, 0.1) is 10.4 Å². The molecule has 0 amide bonds. The number of rotatable bonds is 5. The quantitative estimate of drug-likeness (QED) is 0.792. The van der Waals surface area contributed by atoms with Crippen molar-refractivity contribution in [2.75, 3.05) is 26.8 Å². The average molecular weight is 381 g/mol. The van der Waals surface area contributed by atoms with Gasteiger partial charge in [0.25, 0.3) is 0 Å². The van der Waals surface area contributed by atoms with E-state index in [-0.39, 0.29) is 0 Å². The van der Waals surface area contributed by atoms with Crippen molar-refractivity contribution >= 4 is 37.3 Å². The van der Waals surface area contributed by atoms with E-state index in [1.807, 2.05) is 6.08 Å². The molecule has 0 atom stereocenters. The van der Waals surface area contributed by atoms with E-state index in [0.717, 1.165) is 10.5 Å². The number of ether oxygens (including phenoxy) is 1. The summed E-state index contributed by atoms with van der Waals surface area (Å²) in [6.45, 7) is 1.78. The summed E-state index contributed by atoms with van der Waals surface area (Å²) in [5.74, 6) is 0. The number of hydrogen-bond donors (Lipinski definition) is 1. The van der Waals surface area contributed by atoms with Crippen LogP contribution < -0.4 is 5.73 Å². The lowest BCUT2D eigenvalue weighted by Gasteiger charge is -2.25. The first-order valence-electron chi connectivity index (χ1n) is 6.14. The summed E-state index contributed by atoms with van der Waals surface area (Å²) in [5.41, 5.74) is 6.71. The van der Waals surface area contributed by atoms with Gasteiger partial charge in [-0.05, 0) is 34.0 Å². The lowest BCUT2D eigenvalue weighted by Crippen LogP contribution is -2.35. The van der Waals surface area contributed by atoms with Gasteiger partial charge in [-0.1, -0.05) is 6.08 Å². The third-order valence-corrected chi connectivity index (χ3v) is 7.26. The molecule has 5 nitrogen and oxygen atoms in total. The SMILES string of the molecule is COCC1=CCN(S(=O)(=O)c2cc(CN)sc2Br)CC1. The molecule has 0 unspecified atom stereocenters. The second-order valence-electron chi connectivity index (χ2n) is 4.46. The maximum absolute atomic E-state index is 12.6. The van der Waals surface area contributed by atoms with Crippen LogP contribution in [0.25, 0.3) is 0 Å². The molecular weight excluding hydrogens is 364 g/mol. The van der Waals surface area contributed by atoms with E-state index < -0.39 is 10.0 Å². The Bertz CT molecular complexity index is 610. The number of hydrogen-bond acceptors (Lipinski definition) is 5. The molecule has 0 aromatic carbocycles. The molecule has 1 aromatic rings. The van der Waals surface area contributed by atoms with E-state index in [2.05, 4.69) is 15.9 Å². The van der Waals surface area contributed by atoms with Crippen LogP contribution in [0.5, 0.6) is 0 Å². The molecule has 2 heterocycles. The Kier molecular flexibility index (Phi) is 5.38. The first-order valence-corrected chi connectivity index (χ1v) is 9.19. The van der Waals surface area contributed by atoms with Gasteiger partial charge in [0.2, 0.25) is 10.0 Å². The summed E-state index contributed by atoms with van der Waals surface area (Å²) in [6.07, 6.45) is 2.63. The zero-order chi connectivity index (χ0) is 14.8. The van der Waals surface area contributed by atoms with Gasteiger partial charge in [-0.25, -0.2) is 8.42 Å². The van der Waals surface area contributed by atoms with Crippen molar-refractivity contribution < 1.29 is 13.2 Å². The molecule has 0 radical (unpaired) electrons. The predicted octanol–water partition coefficient (Wildman–Crippen LogP) is 1.94. The molecule has 0 spiro atoms. The molecule has 0 aliphatic carbocycles. The standard InChI is InChI=1S/C12H17BrN2O3S2/c1-18-8-9-2-4-15(5-3-9)20(16,17)11-6-10(7-14)19-12(11)13/h2,6H,3-5,7-8,14H2,1H3. The Labute approximate surface area is 131 Å². The molecule has 0 saturated carbocycles. The Morgan fingerprint density at radius 3 is 2.80 bits per heavy atom. The first kappa shape index (κ1) is 16.1. The monoisotopic (exact) mass is 380 g/mol. The van der Waals surface area contributed by atoms with Crippen LogP contribution in [0.2, 0.25) is 0 Å². The molecule has 2 rings (SSSR count).